The second kappa shape index (κ2) is 8.29. The summed E-state index contributed by atoms with van der Waals surface area (Å²) in [5, 5.41) is 7.23. The molecule has 0 aliphatic rings. The summed E-state index contributed by atoms with van der Waals surface area (Å²) in [6.45, 7) is 0.950. The van der Waals surface area contributed by atoms with Crippen molar-refractivity contribution in [1.82, 2.24) is 20.0 Å². The minimum Gasteiger partial charge on any atom is -0.338 e. The number of carbonyl (C=O) groups is 1. The number of urea groups is 1. The van der Waals surface area contributed by atoms with Gasteiger partial charge in [-0.25, -0.2) is 13.9 Å². The van der Waals surface area contributed by atoms with Crippen LogP contribution in [0.15, 0.2) is 67.0 Å². The molecule has 3 rings (SSSR count). The number of benzene rings is 2. The molecular formula is C20H21FN4O. The standard InChI is InChI=1S/C20H21FN4O/c1-24(14-16-7-9-18(21)10-8-16)20(26)22-12-11-17-13-23-25(15-17)19-5-3-2-4-6-19/h2-10,13,15H,11-12,14H2,1H3,(H,22,26). The van der Waals surface area contributed by atoms with Crippen molar-refractivity contribution in [3.05, 3.63) is 83.9 Å². The van der Waals surface area contributed by atoms with Crippen LogP contribution in [0.3, 0.4) is 0 Å². The van der Waals surface area contributed by atoms with Gasteiger partial charge in [-0.05, 0) is 41.8 Å². The van der Waals surface area contributed by atoms with Crippen LogP contribution >= 0.6 is 0 Å². The lowest BCUT2D eigenvalue weighted by atomic mass is 10.2. The van der Waals surface area contributed by atoms with Crippen LogP contribution in [0.5, 0.6) is 0 Å². The first-order valence-corrected chi connectivity index (χ1v) is 8.44. The monoisotopic (exact) mass is 352 g/mol. The van der Waals surface area contributed by atoms with Gasteiger partial charge in [-0.1, -0.05) is 30.3 Å². The van der Waals surface area contributed by atoms with Crippen molar-refractivity contribution in [2.24, 2.45) is 0 Å². The summed E-state index contributed by atoms with van der Waals surface area (Å²) in [5.41, 5.74) is 2.94. The second-order valence-corrected chi connectivity index (χ2v) is 6.09. The summed E-state index contributed by atoms with van der Waals surface area (Å²) < 4.78 is 14.7. The first-order valence-electron chi connectivity index (χ1n) is 8.44. The van der Waals surface area contributed by atoms with E-state index in [1.54, 1.807) is 30.3 Å². The SMILES string of the molecule is CN(Cc1ccc(F)cc1)C(=O)NCCc1cnn(-c2ccccc2)c1. The summed E-state index contributed by atoms with van der Waals surface area (Å²) in [5.74, 6) is -0.281. The smallest absolute Gasteiger partial charge is 0.317 e. The predicted octanol–water partition coefficient (Wildman–Crippen LogP) is 3.40. The molecule has 0 spiro atoms. The minimum absolute atomic E-state index is 0.162. The minimum atomic E-state index is -0.281. The van der Waals surface area contributed by atoms with Gasteiger partial charge in [0, 0.05) is 26.3 Å². The van der Waals surface area contributed by atoms with Crippen LogP contribution in [-0.2, 0) is 13.0 Å². The molecule has 0 fully saturated rings. The number of aromatic nitrogens is 2. The zero-order chi connectivity index (χ0) is 18.4. The van der Waals surface area contributed by atoms with Crippen LogP contribution in [0, 0.1) is 5.82 Å². The van der Waals surface area contributed by atoms with Crippen LogP contribution < -0.4 is 5.32 Å². The number of hydrogen-bond acceptors (Lipinski definition) is 2. The maximum atomic E-state index is 12.9. The molecule has 6 heteroatoms. The van der Waals surface area contributed by atoms with E-state index in [1.165, 1.54) is 12.1 Å². The van der Waals surface area contributed by atoms with Crippen molar-refractivity contribution >= 4 is 6.03 Å². The van der Waals surface area contributed by atoms with Crippen LogP contribution in [0.1, 0.15) is 11.1 Å². The van der Waals surface area contributed by atoms with Gasteiger partial charge in [0.25, 0.3) is 0 Å². The van der Waals surface area contributed by atoms with Crippen molar-refractivity contribution < 1.29 is 9.18 Å². The topological polar surface area (TPSA) is 50.2 Å². The highest BCUT2D eigenvalue weighted by atomic mass is 19.1. The van der Waals surface area contributed by atoms with E-state index >= 15 is 0 Å². The molecular weight excluding hydrogens is 331 g/mol. The van der Waals surface area contributed by atoms with E-state index in [0.717, 1.165) is 16.8 Å². The molecule has 0 unspecified atom stereocenters. The Morgan fingerprint density at radius 1 is 1.12 bits per heavy atom. The fourth-order valence-electron chi connectivity index (χ4n) is 2.60. The van der Waals surface area contributed by atoms with E-state index in [2.05, 4.69) is 10.4 Å². The number of hydrogen-bond donors (Lipinski definition) is 1. The molecule has 2 aromatic carbocycles. The average molecular weight is 352 g/mol. The van der Waals surface area contributed by atoms with E-state index in [-0.39, 0.29) is 11.8 Å². The van der Waals surface area contributed by atoms with Crippen molar-refractivity contribution in [1.29, 1.82) is 0 Å². The lowest BCUT2D eigenvalue weighted by molar-refractivity contribution is 0.207. The van der Waals surface area contributed by atoms with Crippen molar-refractivity contribution in [2.75, 3.05) is 13.6 Å². The van der Waals surface area contributed by atoms with Gasteiger partial charge in [0.1, 0.15) is 5.82 Å². The number of nitrogens with one attached hydrogen (secondary N) is 1. The molecule has 0 aliphatic heterocycles. The number of carbonyl (C=O) groups excluding carboxylic acids is 1. The summed E-state index contributed by atoms with van der Waals surface area (Å²) in [4.78, 5) is 13.7. The van der Waals surface area contributed by atoms with Crippen LogP contribution in [0.25, 0.3) is 5.69 Å². The Morgan fingerprint density at radius 3 is 2.58 bits per heavy atom. The highest BCUT2D eigenvalue weighted by Gasteiger charge is 2.09. The lowest BCUT2D eigenvalue weighted by Crippen LogP contribution is -2.37. The van der Waals surface area contributed by atoms with Crippen LogP contribution in [-0.4, -0.2) is 34.3 Å². The first kappa shape index (κ1) is 17.7. The fraction of sp³-hybridized carbons (Fsp3) is 0.200. The van der Waals surface area contributed by atoms with Gasteiger partial charge in [0.15, 0.2) is 0 Å². The summed E-state index contributed by atoms with van der Waals surface area (Å²) in [6.07, 6.45) is 4.47. The third-order valence-corrected chi connectivity index (χ3v) is 4.03. The first-order chi connectivity index (χ1) is 12.6. The average Bonchev–Trinajstić information content (AvgIpc) is 3.13. The Balaban J connectivity index is 1.46. The molecule has 3 aromatic rings. The molecule has 0 bridgehead atoms. The Morgan fingerprint density at radius 2 is 1.85 bits per heavy atom. The summed E-state index contributed by atoms with van der Waals surface area (Å²) in [6, 6.07) is 15.9. The Hall–Kier alpha value is -3.15. The molecule has 0 aliphatic carbocycles. The van der Waals surface area contributed by atoms with Gasteiger partial charge >= 0.3 is 6.03 Å². The van der Waals surface area contributed by atoms with E-state index in [0.29, 0.717) is 19.5 Å². The van der Waals surface area contributed by atoms with Gasteiger partial charge in [-0.15, -0.1) is 0 Å². The lowest BCUT2D eigenvalue weighted by Gasteiger charge is -2.18. The van der Waals surface area contributed by atoms with Crippen molar-refractivity contribution in [3.63, 3.8) is 0 Å². The van der Waals surface area contributed by atoms with Gasteiger partial charge in [-0.2, -0.15) is 5.10 Å². The van der Waals surface area contributed by atoms with Crippen molar-refractivity contribution in [3.8, 4) is 5.69 Å². The maximum Gasteiger partial charge on any atom is 0.317 e. The predicted molar refractivity (Wildman–Crippen MR) is 98.5 cm³/mol. The normalized spacial score (nSPS) is 10.5. The van der Waals surface area contributed by atoms with Gasteiger partial charge in [0.05, 0.1) is 11.9 Å². The van der Waals surface area contributed by atoms with Gasteiger partial charge < -0.3 is 10.2 Å². The molecule has 0 saturated carbocycles. The molecule has 0 atom stereocenters. The van der Waals surface area contributed by atoms with Crippen molar-refractivity contribution in [2.45, 2.75) is 13.0 Å². The molecule has 1 N–H and O–H groups in total. The number of para-hydroxylation sites is 1. The number of nitrogens with zero attached hydrogens (tertiary/aromatic N) is 3. The Labute approximate surface area is 152 Å². The van der Waals surface area contributed by atoms with Crippen LogP contribution in [0.2, 0.25) is 0 Å². The molecule has 26 heavy (non-hydrogen) atoms. The van der Waals surface area contributed by atoms with E-state index in [1.807, 2.05) is 41.2 Å². The molecule has 134 valence electrons. The largest absolute Gasteiger partial charge is 0.338 e. The zero-order valence-corrected chi connectivity index (χ0v) is 14.6. The van der Waals surface area contributed by atoms with Gasteiger partial charge in [0.2, 0.25) is 0 Å². The molecule has 1 aromatic heterocycles. The second-order valence-electron chi connectivity index (χ2n) is 6.09. The summed E-state index contributed by atoms with van der Waals surface area (Å²) >= 11 is 0. The maximum absolute atomic E-state index is 12.9. The molecule has 1 heterocycles. The quantitative estimate of drug-likeness (QED) is 0.739. The third kappa shape index (κ3) is 4.69. The highest BCUT2D eigenvalue weighted by Crippen LogP contribution is 2.08. The van der Waals surface area contributed by atoms with E-state index < -0.39 is 0 Å². The Kier molecular flexibility index (Phi) is 5.63. The number of halogens is 1. The van der Waals surface area contributed by atoms with E-state index in [4.69, 9.17) is 0 Å². The number of amides is 2. The number of rotatable bonds is 6. The highest BCUT2D eigenvalue weighted by molar-refractivity contribution is 5.73. The zero-order valence-electron chi connectivity index (χ0n) is 14.6. The molecule has 2 amide bonds. The molecule has 0 radical (unpaired) electrons. The molecule has 0 saturated heterocycles. The fourth-order valence-corrected chi connectivity index (χ4v) is 2.60. The van der Waals surface area contributed by atoms with E-state index in [9.17, 15) is 9.18 Å². The van der Waals surface area contributed by atoms with Gasteiger partial charge in [-0.3, -0.25) is 0 Å². The third-order valence-electron chi connectivity index (χ3n) is 4.03. The summed E-state index contributed by atoms with van der Waals surface area (Å²) in [7, 11) is 1.71. The van der Waals surface area contributed by atoms with Crippen LogP contribution in [0.4, 0.5) is 9.18 Å². The molecule has 5 nitrogen and oxygen atoms in total. The Bertz CT molecular complexity index is 846.